The van der Waals surface area contributed by atoms with E-state index in [1.807, 2.05) is 0 Å². The molecule has 0 saturated heterocycles. The van der Waals surface area contributed by atoms with Gasteiger partial charge in [-0.3, -0.25) is 32.8 Å². The Bertz CT molecular complexity index is 2080. The van der Waals surface area contributed by atoms with Crippen molar-refractivity contribution in [2.75, 3.05) is 32.1 Å². The fraction of sp³-hybridized carbons (Fsp3) is 0.955. The largest absolute Gasteiger partial charge is 1.00 e. The topological polar surface area (TPSA) is 222 Å². The average molecular weight is 1230 g/mol. The van der Waals surface area contributed by atoms with Crippen LogP contribution in [0.5, 0.6) is 0 Å². The van der Waals surface area contributed by atoms with Crippen LogP contribution in [0.3, 0.4) is 0 Å². The second-order valence-electron chi connectivity index (χ2n) is 12.4. The first-order chi connectivity index (χ1) is 30.5. The second-order valence-corrected chi connectivity index (χ2v) is 14.9. The second kappa shape index (κ2) is 23.3. The first-order valence-electron chi connectivity index (χ1n) is 15.5. The van der Waals surface area contributed by atoms with Gasteiger partial charge in [0, 0.05) is 13.1 Å². The molecule has 51 heteroatoms. The molecular formula is C22H13F31N2Na2O14S2. The van der Waals surface area contributed by atoms with Crippen LogP contribution >= 0.6 is 0 Å². The smallest absolute Gasteiger partial charge is 0.748 e. The number of nitrogens with one attached hydrogen (secondary N) is 1. The SMILES string of the molecule is O=C(NCN(CCOS(=O)(=O)[O-])CC(O)CS(=O)(=O)[O-])C(F)(F)C(F)(OC(F)(F)C(F)(OC(F)(F)C(F)(OC(F)(F)C(F)(OC(F)(F)C(F)(OF)C(F)(F)F)C(F)(F)F)C(F)(F)F)C(F)(F)F)C(F)(F)F.[Na+].[Na+]. The summed E-state index contributed by atoms with van der Waals surface area (Å²) >= 11 is 0. The van der Waals surface area contributed by atoms with Gasteiger partial charge >= 0.3 is 150 Å². The van der Waals surface area contributed by atoms with Crippen LogP contribution in [0.4, 0.5) is 136 Å². The minimum Gasteiger partial charge on any atom is -0.748 e. The van der Waals surface area contributed by atoms with E-state index >= 15 is 4.39 Å². The summed E-state index contributed by atoms with van der Waals surface area (Å²) in [5.41, 5.74) is 0. The number of aliphatic hydroxyl groups is 1. The summed E-state index contributed by atoms with van der Waals surface area (Å²) in [6.07, 6.45) is -83.3. The predicted octanol–water partition coefficient (Wildman–Crippen LogP) is -0.132. The molecule has 6 unspecified atom stereocenters. The summed E-state index contributed by atoms with van der Waals surface area (Å²) in [4.78, 5) is 12.5. The molecule has 73 heavy (non-hydrogen) atoms. The Morgan fingerprint density at radius 2 is 0.781 bits per heavy atom. The Morgan fingerprint density at radius 1 is 0.507 bits per heavy atom. The normalized spacial score (nSPS) is 19.3. The molecule has 0 aromatic heterocycles. The number of alkyl halides is 30. The number of rotatable bonds is 25. The van der Waals surface area contributed by atoms with Gasteiger partial charge in [0.2, 0.25) is 10.4 Å². The molecule has 2 N–H and O–H groups in total. The van der Waals surface area contributed by atoms with Gasteiger partial charge in [-0.05, 0) is 4.53 Å². The number of carbonyl (C=O) groups excluding carboxylic acids is 1. The molecule has 0 rings (SSSR count). The molecule has 0 fully saturated rings. The Balaban J connectivity index is -0.0000245. The van der Waals surface area contributed by atoms with Crippen LogP contribution in [0.25, 0.3) is 0 Å². The molecule has 0 aliphatic rings. The van der Waals surface area contributed by atoms with Crippen molar-refractivity contribution in [2.45, 2.75) is 96.6 Å². The standard InChI is InChI=1S/C22H15F31N2O14S2.2Na/c23-8(24,7(57)54-5-55(1-2-64-71(61,62)63)3-6(56)4-70(58,59)60)9(25,14(30,31)32)65-19(45,46)10(26,15(33,34)35)66-20(47,48)11(27,16(36,37)38)67-21(49,50)12(28,17(39,40)41)68-22(51,52)13(29,69-53)18(42,43)44;;/h6,56H,1-5H2,(H,54,57)(H,58,59,60)(H,61,62,63);;/q;2*+1/p-2. The van der Waals surface area contributed by atoms with E-state index in [1.54, 1.807) is 0 Å². The van der Waals surface area contributed by atoms with Crippen LogP contribution in [0, 0.1) is 0 Å². The summed E-state index contributed by atoms with van der Waals surface area (Å²) in [6.45, 7) is -7.37. The number of aliphatic hydroxyl groups excluding tert-OH is 1. The summed E-state index contributed by atoms with van der Waals surface area (Å²) in [5, 5.41) is 9.72. The Morgan fingerprint density at radius 3 is 1.03 bits per heavy atom. The molecule has 0 aromatic rings. The molecule has 0 spiro atoms. The van der Waals surface area contributed by atoms with Crippen LogP contribution in [0.1, 0.15) is 0 Å². The minimum atomic E-state index is -9.55. The molecule has 426 valence electrons. The molecule has 0 saturated carbocycles. The van der Waals surface area contributed by atoms with E-state index in [0.29, 0.717) is 0 Å². The molecule has 0 radical (unpaired) electrons. The van der Waals surface area contributed by atoms with Gasteiger partial charge in [-0.2, -0.15) is 132 Å². The van der Waals surface area contributed by atoms with Crippen molar-refractivity contribution in [2.24, 2.45) is 0 Å². The van der Waals surface area contributed by atoms with E-state index in [-0.39, 0.29) is 69.3 Å². The van der Waals surface area contributed by atoms with Gasteiger partial charge in [0.25, 0.3) is 5.91 Å². The first kappa shape index (κ1) is 76.0. The van der Waals surface area contributed by atoms with Crippen LogP contribution in [0.2, 0.25) is 0 Å². The van der Waals surface area contributed by atoms with E-state index in [4.69, 9.17) is 0 Å². The number of amides is 1. The summed E-state index contributed by atoms with van der Waals surface area (Å²) in [7, 11) is -11.5. The molecule has 16 nitrogen and oxygen atoms in total. The van der Waals surface area contributed by atoms with Crippen molar-refractivity contribution in [3.63, 3.8) is 0 Å². The van der Waals surface area contributed by atoms with E-state index in [1.165, 1.54) is 4.74 Å². The molecular weight excluding hydrogens is 1220 g/mol. The van der Waals surface area contributed by atoms with Crippen molar-refractivity contribution >= 4 is 26.4 Å². The molecule has 0 aliphatic heterocycles. The van der Waals surface area contributed by atoms with Crippen LogP contribution < -0.4 is 64.4 Å². The van der Waals surface area contributed by atoms with Crippen LogP contribution in [0.15, 0.2) is 0 Å². The van der Waals surface area contributed by atoms with Crippen LogP contribution in [-0.2, 0) is 53.4 Å². The predicted molar refractivity (Wildman–Crippen MR) is 142 cm³/mol. The minimum absolute atomic E-state index is 0. The molecule has 0 bridgehead atoms. The van der Waals surface area contributed by atoms with Crippen molar-refractivity contribution in [3.8, 4) is 0 Å². The number of carbonyl (C=O) groups is 1. The zero-order valence-electron chi connectivity index (χ0n) is 33.3. The van der Waals surface area contributed by atoms with E-state index in [9.17, 15) is 168 Å². The monoisotopic (exact) mass is 1230 g/mol. The molecule has 6 atom stereocenters. The number of nitrogens with zero attached hydrogens (tertiary/aromatic N) is 1. The Labute approximate surface area is 423 Å². The number of hydrogen-bond donors (Lipinski definition) is 2. The molecule has 0 aliphatic carbocycles. The van der Waals surface area contributed by atoms with Gasteiger partial charge in [0.1, 0.15) is 0 Å². The van der Waals surface area contributed by atoms with Crippen molar-refractivity contribution < 1.29 is 259 Å². The third-order valence-corrected chi connectivity index (χ3v) is 8.40. The summed E-state index contributed by atoms with van der Waals surface area (Å²) < 4.78 is 499. The van der Waals surface area contributed by atoms with Gasteiger partial charge in [-0.1, -0.05) is 0 Å². The Hall–Kier alpha value is -1.20. The molecule has 0 heterocycles. The maximum atomic E-state index is 15.0. The summed E-state index contributed by atoms with van der Waals surface area (Å²) in [6, 6.07) is 0. The van der Waals surface area contributed by atoms with Gasteiger partial charge in [-0.15, -0.1) is 4.94 Å². The third kappa shape index (κ3) is 16.4. The first-order valence-corrected chi connectivity index (χ1v) is 18.4. The van der Waals surface area contributed by atoms with Gasteiger partial charge in [0.05, 0.1) is 35.3 Å². The zero-order valence-corrected chi connectivity index (χ0v) is 39.0. The number of hydrogen-bond acceptors (Lipinski definition) is 15. The quantitative estimate of drug-likeness (QED) is 0.0400. The van der Waals surface area contributed by atoms with Crippen molar-refractivity contribution in [1.29, 1.82) is 0 Å². The number of ether oxygens (including phenoxy) is 4. The third-order valence-electron chi connectivity index (χ3n) is 7.15. The van der Waals surface area contributed by atoms with E-state index in [2.05, 4.69) is 4.18 Å². The number of halogens is 31. The Kier molecular flexibility index (Phi) is 24.2. The molecule has 1 amide bonds. The van der Waals surface area contributed by atoms with Gasteiger partial charge in [-0.25, -0.2) is 16.8 Å². The van der Waals surface area contributed by atoms with E-state index in [0.717, 1.165) is 19.2 Å². The maximum absolute atomic E-state index is 15.0. The fourth-order valence-electron chi connectivity index (χ4n) is 3.90. The van der Waals surface area contributed by atoms with Crippen LogP contribution in [-0.4, -0.2) is 171 Å². The molecule has 0 aromatic carbocycles. The summed E-state index contributed by atoms with van der Waals surface area (Å²) in [5.74, 6) is -59.5. The average Bonchev–Trinajstić information content (AvgIpc) is 3.08. The van der Waals surface area contributed by atoms with E-state index < -0.39 is 155 Å². The van der Waals surface area contributed by atoms with Crippen molar-refractivity contribution in [1.82, 2.24) is 10.2 Å². The van der Waals surface area contributed by atoms with Gasteiger partial charge in [0.15, 0.2) is 0 Å². The maximum Gasteiger partial charge on any atom is 1.00 e. The fourth-order valence-corrected chi connectivity index (χ4v) is 4.76. The van der Waals surface area contributed by atoms with Crippen molar-refractivity contribution in [3.05, 3.63) is 0 Å². The zero-order chi connectivity index (χ0) is 57.7. The van der Waals surface area contributed by atoms with Gasteiger partial charge < -0.3 is 19.5 Å².